The average Bonchev–Trinajstić information content (AvgIpc) is 3.27. The van der Waals surface area contributed by atoms with Crippen LogP contribution >= 0.6 is 0 Å². The molecule has 0 radical (unpaired) electrons. The number of rotatable bonds is 2. The summed E-state index contributed by atoms with van der Waals surface area (Å²) in [7, 11) is 1.00. The summed E-state index contributed by atoms with van der Waals surface area (Å²) < 4.78 is 83.0. The van der Waals surface area contributed by atoms with Crippen LogP contribution in [0, 0.1) is 18.2 Å². The number of pyridine rings is 1. The molecule has 0 amide bonds. The Morgan fingerprint density at radius 2 is 0.784 bits per heavy atom. The van der Waals surface area contributed by atoms with Crippen molar-refractivity contribution in [2.24, 2.45) is 0 Å². The van der Waals surface area contributed by atoms with Gasteiger partial charge in [-0.05, 0) is 33.7 Å². The van der Waals surface area contributed by atoms with E-state index in [4.69, 9.17) is 41.6 Å². The normalized spacial score (nSPS) is 8.24. The van der Waals surface area contributed by atoms with Crippen LogP contribution in [0.4, 0.5) is 45.4 Å². The number of halogens is 10. The summed E-state index contributed by atoms with van der Waals surface area (Å²) in [6, 6.07) is 60.0. The summed E-state index contributed by atoms with van der Waals surface area (Å²) in [4.78, 5) is 4.70. The molecule has 6 aromatic carbocycles. The molecule has 0 atom stereocenters. The molecule has 0 saturated heterocycles. The van der Waals surface area contributed by atoms with Crippen LogP contribution in [-0.2, 0) is 21.1 Å². The van der Waals surface area contributed by atoms with Crippen molar-refractivity contribution in [1.29, 1.82) is 0 Å². The van der Waals surface area contributed by atoms with Gasteiger partial charge in [0.15, 0.2) is 0 Å². The van der Waals surface area contributed by atoms with Gasteiger partial charge in [0.25, 0.3) is 0 Å². The van der Waals surface area contributed by atoms with Crippen molar-refractivity contribution in [3.05, 3.63) is 176 Å². The van der Waals surface area contributed by atoms with Crippen LogP contribution < -0.4 is 0 Å². The Morgan fingerprint density at radius 1 is 0.412 bits per heavy atom. The summed E-state index contributed by atoms with van der Waals surface area (Å²) in [5, 5.41) is 3.42. The first-order chi connectivity index (χ1) is 24.9. The smallest absolute Gasteiger partial charge is 0.0785 e. The van der Waals surface area contributed by atoms with Crippen molar-refractivity contribution in [2.45, 2.75) is 0 Å². The summed E-state index contributed by atoms with van der Waals surface area (Å²) >= 11 is 0. The van der Waals surface area contributed by atoms with Gasteiger partial charge in [-0.3, -0.25) is 8.78 Å². The zero-order valence-electron chi connectivity index (χ0n) is 27.1. The predicted molar refractivity (Wildman–Crippen MR) is 182 cm³/mol. The minimum atomic E-state index is 0. The molecule has 0 fully saturated rings. The van der Waals surface area contributed by atoms with E-state index in [1.165, 1.54) is 27.6 Å². The molecule has 12 heteroatoms. The van der Waals surface area contributed by atoms with E-state index in [-0.39, 0.29) is 21.1 Å². The fourth-order valence-electron chi connectivity index (χ4n) is 4.31. The van der Waals surface area contributed by atoms with Crippen LogP contribution in [0.1, 0.15) is 0 Å². The monoisotopic (exact) mass is 899 g/mol. The quantitative estimate of drug-likeness (QED) is 0.0957. The fraction of sp³-hybridized carbons (Fsp3) is 0.0513. The molecule has 7 rings (SSSR count). The molecule has 0 saturated carbocycles. The van der Waals surface area contributed by atoms with E-state index in [1.807, 2.05) is 85.1 Å². The van der Waals surface area contributed by atoms with Crippen LogP contribution in [0.25, 0.3) is 43.9 Å². The Bertz CT molecular complexity index is 1540. The van der Waals surface area contributed by atoms with E-state index in [0.29, 0.717) is 14.4 Å². The Kier molecular flexibility index (Phi) is 35.8. The number of hydrogen-bond donors (Lipinski definition) is 0. The summed E-state index contributed by atoms with van der Waals surface area (Å²) in [6.07, 6.45) is 1.90. The van der Waals surface area contributed by atoms with Gasteiger partial charge in [-0.25, -0.2) is 0 Å². The van der Waals surface area contributed by atoms with Crippen molar-refractivity contribution in [2.75, 3.05) is 14.4 Å². The first kappa shape index (κ1) is 50.4. The van der Waals surface area contributed by atoms with Crippen LogP contribution in [0.3, 0.4) is 0 Å². The Balaban J connectivity index is -0.000000763. The van der Waals surface area contributed by atoms with E-state index >= 15 is 0 Å². The molecule has 0 aliphatic rings. The van der Waals surface area contributed by atoms with Gasteiger partial charge in [0.1, 0.15) is 0 Å². The van der Waals surface area contributed by atoms with Gasteiger partial charge in [-0.2, -0.15) is 72.8 Å². The van der Waals surface area contributed by atoms with Gasteiger partial charge in [0.2, 0.25) is 0 Å². The minimum absolute atomic E-state index is 0. The maximum atomic E-state index is 9.50. The zero-order chi connectivity index (χ0) is 37.8. The largest absolute Gasteiger partial charge is 0.304 e. The molecule has 0 unspecified atom stereocenters. The number of alkyl halides is 2. The van der Waals surface area contributed by atoms with E-state index in [0.717, 1.165) is 16.3 Å². The van der Waals surface area contributed by atoms with Crippen molar-refractivity contribution in [1.82, 2.24) is 4.98 Å². The number of nitrogens with zero attached hydrogens (tertiary/aromatic N) is 1. The third-order valence-electron chi connectivity index (χ3n) is 6.06. The molecule has 1 heterocycles. The summed E-state index contributed by atoms with van der Waals surface area (Å²) in [6.45, 7) is 0. The second kappa shape index (κ2) is 36.3. The van der Waals surface area contributed by atoms with Gasteiger partial charge in [-0.15, -0.1) is 23.6 Å². The first-order valence-corrected chi connectivity index (χ1v) is 13.9. The average molecular weight is 900 g/mol. The van der Waals surface area contributed by atoms with Crippen molar-refractivity contribution in [3.8, 4) is 22.3 Å². The van der Waals surface area contributed by atoms with Gasteiger partial charge in [0.05, 0.1) is 14.4 Å². The van der Waals surface area contributed by atoms with E-state index in [9.17, 15) is 8.78 Å². The molecule has 51 heavy (non-hydrogen) atoms. The summed E-state index contributed by atoms with van der Waals surface area (Å²) in [5.74, 6) is 0. The first-order valence-electron chi connectivity index (χ1n) is 13.9. The second-order valence-corrected chi connectivity index (χ2v) is 8.52. The molecule has 0 N–H and O–H groups in total. The van der Waals surface area contributed by atoms with E-state index in [1.54, 1.807) is 0 Å². The standard InChI is InChI=1S/C25H16N.2C6H5.2CH3F.4F2.Pt/c1-3-8-18(9-4-1)20-12-7-13-23-22(20)14-15-24-21(16-17-26-25(23)24)19-10-5-2-6-11-19;2*1-2-4-6-5-3-1;6*1-2;/h1-12,14-17H;2*1-5H;2*1H3;;;;;/q3*-1;;;;;;;. The summed E-state index contributed by atoms with van der Waals surface area (Å²) in [5.41, 5.74) is 5.84. The fourth-order valence-corrected chi connectivity index (χ4v) is 4.31. The van der Waals surface area contributed by atoms with Gasteiger partial charge in [0, 0.05) is 63.9 Å². The number of hydrogen-bond acceptors (Lipinski definition) is 1. The van der Waals surface area contributed by atoms with Gasteiger partial charge in [-0.1, -0.05) is 83.7 Å². The number of fused-ring (bicyclic) bond motifs is 3. The Morgan fingerprint density at radius 3 is 1.16 bits per heavy atom. The molecule has 0 aliphatic heterocycles. The molecule has 1 aromatic heterocycles. The molecule has 0 spiro atoms. The molecule has 1 nitrogen and oxygen atoms in total. The van der Waals surface area contributed by atoms with E-state index < -0.39 is 0 Å². The molecule has 0 aliphatic carbocycles. The van der Waals surface area contributed by atoms with Crippen LogP contribution in [0.5, 0.6) is 0 Å². The van der Waals surface area contributed by atoms with E-state index in [2.05, 4.69) is 91.0 Å². The molecule has 7 aromatic rings. The maximum Gasteiger partial charge on any atom is 0.0785 e. The second-order valence-electron chi connectivity index (χ2n) is 8.52. The maximum absolute atomic E-state index is 9.50. The van der Waals surface area contributed by atoms with Crippen LogP contribution in [-0.4, -0.2) is 19.3 Å². The molecular formula is C39H32F10NPt-3. The minimum Gasteiger partial charge on any atom is -0.304 e. The van der Waals surface area contributed by atoms with Crippen LogP contribution in [0.2, 0.25) is 0 Å². The van der Waals surface area contributed by atoms with Gasteiger partial charge < -0.3 is 4.98 Å². The number of aromatic nitrogens is 1. The van der Waals surface area contributed by atoms with Crippen LogP contribution in [0.15, 0.2) is 158 Å². The SMILES string of the molecule is CF.CF.FF.FF.FF.FF.[Pt].[c-]1ccc(-c2ccccc2)c2ccc3c(-c4ccccc4)ccnc3c12.[c-]1ccccc1.[c-]1ccccc1. The Labute approximate surface area is 305 Å². The molecule has 276 valence electrons. The van der Waals surface area contributed by atoms with Crippen molar-refractivity contribution >= 4 is 21.7 Å². The third-order valence-corrected chi connectivity index (χ3v) is 6.06. The predicted octanol–water partition coefficient (Wildman–Crippen LogP) is 14.0. The Hall–Kier alpha value is -5.02. The van der Waals surface area contributed by atoms with Crippen molar-refractivity contribution in [3.63, 3.8) is 0 Å². The topological polar surface area (TPSA) is 12.9 Å². The zero-order valence-corrected chi connectivity index (χ0v) is 29.3. The molecular weight excluding hydrogens is 867 g/mol. The van der Waals surface area contributed by atoms with Crippen molar-refractivity contribution < 1.29 is 66.4 Å². The molecule has 0 bridgehead atoms. The third kappa shape index (κ3) is 18.0. The van der Waals surface area contributed by atoms with Gasteiger partial charge >= 0.3 is 0 Å². The number of benzene rings is 6.